The Morgan fingerprint density at radius 1 is 0.885 bits per heavy atom. The lowest BCUT2D eigenvalue weighted by molar-refractivity contribution is 0.589. The quantitative estimate of drug-likeness (QED) is 0.494. The van der Waals surface area contributed by atoms with E-state index in [2.05, 4.69) is 31.0 Å². The van der Waals surface area contributed by atoms with Crippen LogP contribution in [-0.4, -0.2) is 25.2 Å². The average Bonchev–Trinajstić information content (AvgIpc) is 3.23. The molecule has 0 saturated carbocycles. The van der Waals surface area contributed by atoms with Gasteiger partial charge in [0.25, 0.3) is 10.0 Å². The van der Waals surface area contributed by atoms with Gasteiger partial charge in [-0.1, -0.05) is 47.9 Å². The third kappa shape index (κ3) is 2.05. The molecular weight excluding hydrogens is 343 g/mol. The second-order valence-electron chi connectivity index (χ2n) is 6.53. The monoisotopic (exact) mass is 358 g/mol. The third-order valence-electron chi connectivity index (χ3n) is 4.84. The highest BCUT2D eigenvalue weighted by atomic mass is 32.2. The van der Waals surface area contributed by atoms with Gasteiger partial charge in [0.05, 0.1) is 15.9 Å². The lowest BCUT2D eigenvalue weighted by Gasteiger charge is -2.08. The average molecular weight is 358 g/mol. The number of nitrogens with one attached hydrogen (secondary N) is 1. The molecule has 0 saturated heterocycles. The molecule has 4 nitrogen and oxygen atoms in total. The number of benzene rings is 3. The van der Waals surface area contributed by atoms with Crippen LogP contribution in [0.25, 0.3) is 32.7 Å². The molecule has 0 aliphatic heterocycles. The van der Waals surface area contributed by atoms with Gasteiger partial charge in [-0.05, 0) is 24.3 Å². The number of hydrogen-bond donors (Lipinski definition) is 1. The molecule has 0 bridgehead atoms. The molecule has 2 heterocycles. The smallest absolute Gasteiger partial charge is 0.268 e. The van der Waals surface area contributed by atoms with E-state index < -0.39 is 10.0 Å². The van der Waals surface area contributed by atoms with Crippen LogP contribution in [0.1, 0.15) is 0 Å². The highest BCUT2D eigenvalue weighted by molar-refractivity contribution is 7.90. The molecule has 0 atom stereocenters. The van der Waals surface area contributed by atoms with E-state index in [4.69, 9.17) is 0 Å². The van der Waals surface area contributed by atoms with Crippen molar-refractivity contribution in [2.24, 2.45) is 0 Å². The van der Waals surface area contributed by atoms with Gasteiger partial charge in [0.15, 0.2) is 0 Å². The molecular formula is C20H15BN2O2S. The van der Waals surface area contributed by atoms with Gasteiger partial charge in [0.1, 0.15) is 7.85 Å². The highest BCUT2D eigenvalue weighted by Crippen LogP contribution is 2.33. The van der Waals surface area contributed by atoms with Crippen LogP contribution in [0.15, 0.2) is 77.8 Å². The van der Waals surface area contributed by atoms with Crippen molar-refractivity contribution < 1.29 is 8.42 Å². The second-order valence-corrected chi connectivity index (χ2v) is 8.34. The summed E-state index contributed by atoms with van der Waals surface area (Å²) in [5.41, 5.74) is 3.70. The van der Waals surface area contributed by atoms with Crippen molar-refractivity contribution >= 4 is 56.0 Å². The molecule has 1 N–H and O–H groups in total. The van der Waals surface area contributed by atoms with Crippen molar-refractivity contribution in [3.63, 3.8) is 0 Å². The maximum atomic E-state index is 13.2. The van der Waals surface area contributed by atoms with E-state index in [0.717, 1.165) is 27.2 Å². The van der Waals surface area contributed by atoms with Gasteiger partial charge in [0, 0.05) is 27.9 Å². The fourth-order valence-corrected chi connectivity index (χ4v) is 4.97. The van der Waals surface area contributed by atoms with Crippen LogP contribution in [0, 0.1) is 0 Å². The Balaban J connectivity index is 1.91. The minimum atomic E-state index is -3.66. The first-order chi connectivity index (χ1) is 12.6. The van der Waals surface area contributed by atoms with Gasteiger partial charge >= 0.3 is 0 Å². The summed E-state index contributed by atoms with van der Waals surface area (Å²) in [6.07, 6.45) is 1.63. The number of nitrogens with zero attached hydrogens (tertiary/aromatic N) is 1. The Morgan fingerprint density at radius 3 is 2.50 bits per heavy atom. The molecule has 126 valence electrons. The maximum Gasteiger partial charge on any atom is 0.268 e. The van der Waals surface area contributed by atoms with E-state index in [0.29, 0.717) is 5.52 Å². The van der Waals surface area contributed by atoms with E-state index in [9.17, 15) is 8.42 Å². The fourth-order valence-electron chi connectivity index (χ4n) is 3.58. The summed E-state index contributed by atoms with van der Waals surface area (Å²) < 4.78 is 27.7. The van der Waals surface area contributed by atoms with Crippen LogP contribution in [0.3, 0.4) is 0 Å². The molecule has 0 fully saturated rings. The fraction of sp³-hybridized carbons (Fsp3) is 0. The Kier molecular flexibility index (Phi) is 3.09. The molecule has 26 heavy (non-hydrogen) atoms. The Morgan fingerprint density at radius 2 is 1.69 bits per heavy atom. The standard InChI is InChI=1S/C20H15BN2O2S/c21-14-7-9-18-17(12-14)16-8-6-13-10-11-23(20(13)19(16)22-18)26(24,25)15-4-2-1-3-5-15/h1-12,22H,21H2. The first kappa shape index (κ1) is 15.3. The molecule has 5 rings (SSSR count). The molecule has 3 aromatic carbocycles. The molecule has 0 amide bonds. The van der Waals surface area contributed by atoms with Gasteiger partial charge in [-0.2, -0.15) is 0 Å². The predicted molar refractivity (Wildman–Crippen MR) is 109 cm³/mol. The number of aromatic amines is 1. The van der Waals surface area contributed by atoms with E-state index >= 15 is 0 Å². The largest absolute Gasteiger partial charge is 0.353 e. The molecule has 0 radical (unpaired) electrons. The third-order valence-corrected chi connectivity index (χ3v) is 6.53. The van der Waals surface area contributed by atoms with Crippen LogP contribution in [0.4, 0.5) is 0 Å². The van der Waals surface area contributed by atoms with Gasteiger partial charge in [-0.3, -0.25) is 0 Å². The Bertz CT molecular complexity index is 1400. The zero-order valence-electron chi connectivity index (χ0n) is 14.1. The summed E-state index contributed by atoms with van der Waals surface area (Å²) in [5.74, 6) is 0. The van der Waals surface area contributed by atoms with Crippen molar-refractivity contribution in [3.05, 3.63) is 72.9 Å². The Hall–Kier alpha value is -2.99. The van der Waals surface area contributed by atoms with Gasteiger partial charge in [-0.15, -0.1) is 0 Å². The van der Waals surface area contributed by atoms with Crippen LogP contribution in [0.2, 0.25) is 0 Å². The zero-order valence-corrected chi connectivity index (χ0v) is 14.9. The molecule has 0 aliphatic carbocycles. The first-order valence-electron chi connectivity index (χ1n) is 8.38. The van der Waals surface area contributed by atoms with Gasteiger partial charge in [0.2, 0.25) is 0 Å². The highest BCUT2D eigenvalue weighted by Gasteiger charge is 2.21. The topological polar surface area (TPSA) is 54.9 Å². The Labute approximate surface area is 151 Å². The number of aromatic nitrogens is 2. The normalized spacial score (nSPS) is 12.3. The summed E-state index contributed by atoms with van der Waals surface area (Å²) in [6, 6.07) is 20.6. The minimum absolute atomic E-state index is 0.279. The van der Waals surface area contributed by atoms with Crippen molar-refractivity contribution in [2.75, 3.05) is 0 Å². The molecule has 5 aromatic rings. The lowest BCUT2D eigenvalue weighted by Crippen LogP contribution is -2.11. The maximum absolute atomic E-state index is 13.2. The van der Waals surface area contributed by atoms with Crippen LogP contribution in [0.5, 0.6) is 0 Å². The van der Waals surface area contributed by atoms with Crippen molar-refractivity contribution in [3.8, 4) is 0 Å². The summed E-state index contributed by atoms with van der Waals surface area (Å²) in [6.45, 7) is 0. The van der Waals surface area contributed by atoms with Crippen molar-refractivity contribution in [2.45, 2.75) is 4.90 Å². The minimum Gasteiger partial charge on any atom is -0.353 e. The van der Waals surface area contributed by atoms with Crippen LogP contribution in [-0.2, 0) is 10.0 Å². The number of fused-ring (bicyclic) bond motifs is 5. The number of rotatable bonds is 2. The van der Waals surface area contributed by atoms with Gasteiger partial charge < -0.3 is 4.98 Å². The molecule has 6 heteroatoms. The van der Waals surface area contributed by atoms with E-state index in [1.54, 1.807) is 30.5 Å². The van der Waals surface area contributed by atoms with E-state index in [1.807, 2.05) is 24.3 Å². The van der Waals surface area contributed by atoms with E-state index in [1.165, 1.54) is 9.44 Å². The molecule has 2 aromatic heterocycles. The summed E-state index contributed by atoms with van der Waals surface area (Å²) in [5, 5.41) is 3.02. The summed E-state index contributed by atoms with van der Waals surface area (Å²) in [4.78, 5) is 3.69. The van der Waals surface area contributed by atoms with E-state index in [-0.39, 0.29) is 4.90 Å². The predicted octanol–water partition coefficient (Wildman–Crippen LogP) is 2.77. The van der Waals surface area contributed by atoms with Crippen molar-refractivity contribution in [1.82, 2.24) is 8.96 Å². The van der Waals surface area contributed by atoms with Crippen LogP contribution < -0.4 is 5.46 Å². The molecule has 0 spiro atoms. The van der Waals surface area contributed by atoms with Gasteiger partial charge in [-0.25, -0.2) is 12.4 Å². The summed E-state index contributed by atoms with van der Waals surface area (Å²) in [7, 11) is -1.61. The summed E-state index contributed by atoms with van der Waals surface area (Å²) >= 11 is 0. The molecule has 0 aliphatic rings. The van der Waals surface area contributed by atoms with Crippen LogP contribution >= 0.6 is 0 Å². The first-order valence-corrected chi connectivity index (χ1v) is 9.82. The number of H-pyrrole nitrogens is 1. The number of hydrogen-bond acceptors (Lipinski definition) is 2. The SMILES string of the molecule is Bc1ccc2[nH]c3c(ccc4ccn(S(=O)(=O)c5ccccc5)c43)c2c1. The van der Waals surface area contributed by atoms with Crippen molar-refractivity contribution in [1.29, 1.82) is 0 Å². The zero-order chi connectivity index (χ0) is 17.9. The molecule has 0 unspecified atom stereocenters. The lowest BCUT2D eigenvalue weighted by atomic mass is 9.94. The second kappa shape index (κ2) is 5.25.